The molecule has 0 radical (unpaired) electrons. The summed E-state index contributed by atoms with van der Waals surface area (Å²) < 4.78 is 20.0. The van der Waals surface area contributed by atoms with Gasteiger partial charge in [0.2, 0.25) is 5.91 Å². The molecule has 2 aromatic carbocycles. The van der Waals surface area contributed by atoms with Crippen molar-refractivity contribution in [1.29, 1.82) is 0 Å². The molecule has 3 aromatic rings. The summed E-state index contributed by atoms with van der Waals surface area (Å²) in [5.41, 5.74) is 1.53. The molecular formula is C26H24ClFN2O2. The number of hydrogen-bond acceptors (Lipinski definition) is 3. The zero-order valence-electron chi connectivity index (χ0n) is 17.5. The highest BCUT2D eigenvalue weighted by Gasteiger charge is 2.63. The van der Waals surface area contributed by atoms with Crippen molar-refractivity contribution >= 4 is 34.1 Å². The quantitative estimate of drug-likeness (QED) is 0.494. The number of halogens is 2. The summed E-state index contributed by atoms with van der Waals surface area (Å²) in [7, 11) is 0. The maximum atomic E-state index is 13.7. The highest BCUT2D eigenvalue weighted by molar-refractivity contribution is 6.30. The summed E-state index contributed by atoms with van der Waals surface area (Å²) in [6, 6.07) is 13.7. The van der Waals surface area contributed by atoms with Crippen LogP contribution < -0.4 is 10.1 Å². The van der Waals surface area contributed by atoms with Crippen molar-refractivity contribution < 1.29 is 13.9 Å². The lowest BCUT2D eigenvalue weighted by Crippen LogP contribution is -2.29. The van der Waals surface area contributed by atoms with E-state index < -0.39 is 0 Å². The molecule has 3 fully saturated rings. The monoisotopic (exact) mass is 450 g/mol. The summed E-state index contributed by atoms with van der Waals surface area (Å²) in [6.45, 7) is 0. The van der Waals surface area contributed by atoms with Crippen molar-refractivity contribution in [2.45, 2.75) is 31.8 Å². The molecule has 3 saturated carbocycles. The van der Waals surface area contributed by atoms with Crippen LogP contribution in [0.15, 0.2) is 54.7 Å². The molecule has 1 N–H and O–H groups in total. The number of amides is 1. The molecule has 3 aliphatic carbocycles. The Hall–Kier alpha value is -2.66. The number of carbonyl (C=O) groups is 1. The zero-order valence-corrected chi connectivity index (χ0v) is 18.3. The number of anilines is 1. The molecular weight excluding hydrogens is 427 g/mol. The molecule has 1 aromatic heterocycles. The molecule has 3 aliphatic rings. The van der Waals surface area contributed by atoms with Gasteiger partial charge in [-0.15, -0.1) is 0 Å². The Morgan fingerprint density at radius 1 is 1.09 bits per heavy atom. The Balaban J connectivity index is 1.12. The van der Waals surface area contributed by atoms with Crippen molar-refractivity contribution in [2.75, 3.05) is 5.32 Å². The third-order valence-electron chi connectivity index (χ3n) is 7.38. The van der Waals surface area contributed by atoms with Crippen LogP contribution in [0.5, 0.6) is 5.75 Å². The molecule has 0 bridgehead atoms. The normalized spacial score (nSPS) is 27.1. The zero-order chi connectivity index (χ0) is 21.8. The SMILES string of the molecule is O=C(Nc1ccc(Cl)cc1)C(C1CC1)C1[C@H]2CC(Oc3ccnc4ccc(F)cc34)C[C@@H]12. The fraction of sp³-hybridized carbons (Fsp3) is 0.385. The van der Waals surface area contributed by atoms with Crippen molar-refractivity contribution in [2.24, 2.45) is 29.6 Å². The third kappa shape index (κ3) is 3.73. The molecule has 1 heterocycles. The number of hydrogen-bond donors (Lipinski definition) is 1. The van der Waals surface area contributed by atoms with Crippen LogP contribution in [-0.4, -0.2) is 17.0 Å². The van der Waals surface area contributed by atoms with Crippen LogP contribution in [0.3, 0.4) is 0 Å². The minimum Gasteiger partial charge on any atom is -0.490 e. The van der Waals surface area contributed by atoms with Gasteiger partial charge in [-0.05, 0) is 97.9 Å². The smallest absolute Gasteiger partial charge is 0.228 e. The van der Waals surface area contributed by atoms with Gasteiger partial charge in [-0.2, -0.15) is 0 Å². The van der Waals surface area contributed by atoms with E-state index in [1.165, 1.54) is 12.1 Å². The third-order valence-corrected chi connectivity index (χ3v) is 7.64. The van der Waals surface area contributed by atoms with Gasteiger partial charge in [0, 0.05) is 28.2 Å². The number of nitrogens with one attached hydrogen (secondary N) is 1. The first-order chi connectivity index (χ1) is 15.6. The molecule has 5 atom stereocenters. The molecule has 4 nitrogen and oxygen atoms in total. The Morgan fingerprint density at radius 3 is 2.56 bits per heavy atom. The van der Waals surface area contributed by atoms with Crippen molar-refractivity contribution in [3.05, 3.63) is 65.6 Å². The van der Waals surface area contributed by atoms with Gasteiger partial charge in [0.15, 0.2) is 0 Å². The molecule has 32 heavy (non-hydrogen) atoms. The Morgan fingerprint density at radius 2 is 1.84 bits per heavy atom. The second-order valence-electron chi connectivity index (χ2n) is 9.45. The van der Waals surface area contributed by atoms with Crippen LogP contribution in [0.2, 0.25) is 5.02 Å². The highest BCUT2D eigenvalue weighted by Crippen LogP contribution is 2.64. The van der Waals surface area contributed by atoms with Gasteiger partial charge < -0.3 is 10.1 Å². The average molecular weight is 451 g/mol. The van der Waals surface area contributed by atoms with Gasteiger partial charge in [0.1, 0.15) is 11.6 Å². The second kappa shape index (κ2) is 7.73. The lowest BCUT2D eigenvalue weighted by atomic mass is 9.90. The number of rotatable bonds is 6. The minimum atomic E-state index is -0.288. The van der Waals surface area contributed by atoms with Gasteiger partial charge in [-0.25, -0.2) is 4.39 Å². The number of aromatic nitrogens is 1. The van der Waals surface area contributed by atoms with Gasteiger partial charge in [-0.1, -0.05) is 11.6 Å². The van der Waals surface area contributed by atoms with Crippen LogP contribution in [0.25, 0.3) is 10.9 Å². The maximum Gasteiger partial charge on any atom is 0.228 e. The van der Waals surface area contributed by atoms with Crippen LogP contribution >= 0.6 is 11.6 Å². The van der Waals surface area contributed by atoms with Crippen molar-refractivity contribution in [3.63, 3.8) is 0 Å². The summed E-state index contributed by atoms with van der Waals surface area (Å²) >= 11 is 5.96. The summed E-state index contributed by atoms with van der Waals surface area (Å²) in [5, 5.41) is 4.48. The van der Waals surface area contributed by atoms with E-state index in [1.54, 1.807) is 24.4 Å². The van der Waals surface area contributed by atoms with E-state index >= 15 is 0 Å². The fourth-order valence-corrected chi connectivity index (χ4v) is 5.89. The van der Waals surface area contributed by atoms with E-state index in [0.29, 0.717) is 39.8 Å². The Labute approximate surface area is 191 Å². The molecule has 0 saturated heterocycles. The van der Waals surface area contributed by atoms with E-state index in [-0.39, 0.29) is 23.7 Å². The average Bonchev–Trinajstić information content (AvgIpc) is 3.69. The summed E-state index contributed by atoms with van der Waals surface area (Å²) in [4.78, 5) is 17.4. The first-order valence-electron chi connectivity index (χ1n) is 11.3. The highest BCUT2D eigenvalue weighted by atomic mass is 35.5. The molecule has 6 heteroatoms. The lowest BCUT2D eigenvalue weighted by molar-refractivity contribution is -0.121. The number of nitrogens with zero attached hydrogens (tertiary/aromatic N) is 1. The second-order valence-corrected chi connectivity index (χ2v) is 9.88. The molecule has 164 valence electrons. The Bertz CT molecular complexity index is 1170. The van der Waals surface area contributed by atoms with E-state index in [4.69, 9.17) is 16.3 Å². The molecule has 3 unspecified atom stereocenters. The number of pyridine rings is 1. The van der Waals surface area contributed by atoms with E-state index in [1.807, 2.05) is 18.2 Å². The molecule has 0 spiro atoms. The number of benzene rings is 2. The van der Waals surface area contributed by atoms with Gasteiger partial charge >= 0.3 is 0 Å². The fourth-order valence-electron chi connectivity index (χ4n) is 5.76. The first kappa shape index (κ1) is 20.0. The molecule has 0 aliphatic heterocycles. The standard InChI is InChI=1S/C26H24ClFN2O2/c27-15-3-6-17(7-4-15)30-26(31)24(14-1-2-14)25-19-12-18(13-20(19)25)32-23-9-10-29-22-8-5-16(28)11-21(22)23/h3-11,14,18-20,24-25H,1-2,12-13H2,(H,30,31)/t18?,19-,20+,24?,25?. The van der Waals surface area contributed by atoms with Crippen molar-refractivity contribution in [3.8, 4) is 5.75 Å². The van der Waals surface area contributed by atoms with Gasteiger partial charge in [0.25, 0.3) is 0 Å². The van der Waals surface area contributed by atoms with E-state index in [9.17, 15) is 9.18 Å². The van der Waals surface area contributed by atoms with E-state index in [2.05, 4.69) is 10.3 Å². The van der Waals surface area contributed by atoms with Crippen LogP contribution in [0.4, 0.5) is 10.1 Å². The largest absolute Gasteiger partial charge is 0.490 e. The van der Waals surface area contributed by atoms with Crippen LogP contribution in [0, 0.1) is 35.4 Å². The first-order valence-corrected chi connectivity index (χ1v) is 11.7. The number of ether oxygens (including phenoxy) is 1. The van der Waals surface area contributed by atoms with Crippen molar-refractivity contribution in [1.82, 2.24) is 4.98 Å². The lowest BCUT2D eigenvalue weighted by Gasteiger charge is -2.22. The van der Waals surface area contributed by atoms with Gasteiger partial charge in [0.05, 0.1) is 11.6 Å². The topological polar surface area (TPSA) is 51.2 Å². The maximum absolute atomic E-state index is 13.7. The summed E-state index contributed by atoms with van der Waals surface area (Å²) in [5.74, 6) is 2.64. The van der Waals surface area contributed by atoms with E-state index in [0.717, 1.165) is 36.9 Å². The predicted octanol–water partition coefficient (Wildman–Crippen LogP) is 6.10. The Kier molecular flexibility index (Phi) is 4.83. The van der Waals surface area contributed by atoms with Crippen LogP contribution in [0.1, 0.15) is 25.7 Å². The van der Waals surface area contributed by atoms with Gasteiger partial charge in [-0.3, -0.25) is 9.78 Å². The summed E-state index contributed by atoms with van der Waals surface area (Å²) in [6.07, 6.45) is 6.00. The minimum absolute atomic E-state index is 0.0810. The molecule has 6 rings (SSSR count). The number of fused-ring (bicyclic) bond motifs is 2. The van der Waals surface area contributed by atoms with Crippen LogP contribution in [-0.2, 0) is 4.79 Å². The predicted molar refractivity (Wildman–Crippen MR) is 122 cm³/mol. The number of carbonyl (C=O) groups excluding carboxylic acids is 1. The molecule has 1 amide bonds.